The van der Waals surface area contributed by atoms with Gasteiger partial charge in [0.25, 0.3) is 11.8 Å². The van der Waals surface area contributed by atoms with Crippen molar-refractivity contribution in [3.8, 4) is 29.1 Å². The minimum absolute atomic E-state index is 0.0804. The smallest absolute Gasteiger partial charge is 0.382 e. The SMILES string of the molecule is CN1C(=O)[C@@H](NC(=O)c2cc(Oc3ccccc3)ccn2)COc2ccc(C#CC(=O)O)cc21. The molecule has 2 aromatic carbocycles. The zero-order valence-corrected chi connectivity index (χ0v) is 18.0. The zero-order valence-electron chi connectivity index (χ0n) is 18.0. The van der Waals surface area contributed by atoms with E-state index < -0.39 is 23.8 Å². The van der Waals surface area contributed by atoms with E-state index >= 15 is 0 Å². The van der Waals surface area contributed by atoms with Crippen LogP contribution in [0.5, 0.6) is 17.2 Å². The maximum Gasteiger partial charge on any atom is 0.382 e. The van der Waals surface area contributed by atoms with Crippen LogP contribution in [0, 0.1) is 11.8 Å². The van der Waals surface area contributed by atoms with Gasteiger partial charge >= 0.3 is 5.97 Å². The predicted octanol–water partition coefficient (Wildman–Crippen LogP) is 2.46. The molecule has 1 aliphatic heterocycles. The number of carbonyl (C=O) groups excluding carboxylic acids is 2. The molecule has 0 saturated carbocycles. The van der Waals surface area contributed by atoms with Crippen LogP contribution in [0.15, 0.2) is 66.9 Å². The molecule has 0 saturated heterocycles. The summed E-state index contributed by atoms with van der Waals surface area (Å²) in [5.41, 5.74) is 0.901. The molecule has 170 valence electrons. The molecule has 9 heteroatoms. The van der Waals surface area contributed by atoms with Gasteiger partial charge in [-0.3, -0.25) is 14.6 Å². The number of benzene rings is 2. The summed E-state index contributed by atoms with van der Waals surface area (Å²) in [5.74, 6) is 3.75. The largest absolute Gasteiger partial charge is 0.489 e. The lowest BCUT2D eigenvalue weighted by Crippen LogP contribution is -2.49. The van der Waals surface area contributed by atoms with Crippen molar-refractivity contribution in [2.75, 3.05) is 18.6 Å². The Morgan fingerprint density at radius 3 is 2.71 bits per heavy atom. The van der Waals surface area contributed by atoms with E-state index in [1.807, 2.05) is 24.1 Å². The van der Waals surface area contributed by atoms with Gasteiger partial charge in [0.05, 0.1) is 5.69 Å². The van der Waals surface area contributed by atoms with Crippen LogP contribution in [0.3, 0.4) is 0 Å². The molecular formula is C25H19N3O6. The van der Waals surface area contributed by atoms with E-state index in [1.54, 1.807) is 36.4 Å². The molecule has 0 spiro atoms. The molecule has 0 aliphatic carbocycles. The third kappa shape index (κ3) is 5.14. The summed E-state index contributed by atoms with van der Waals surface area (Å²) in [5, 5.41) is 11.4. The Balaban J connectivity index is 1.49. The number of aromatic nitrogens is 1. The van der Waals surface area contributed by atoms with E-state index in [-0.39, 0.29) is 12.3 Å². The minimum Gasteiger partial charge on any atom is -0.489 e. The number of carboxylic acids is 1. The van der Waals surface area contributed by atoms with Crippen molar-refractivity contribution in [3.05, 3.63) is 78.1 Å². The number of pyridine rings is 1. The fourth-order valence-electron chi connectivity index (χ4n) is 3.26. The summed E-state index contributed by atoms with van der Waals surface area (Å²) < 4.78 is 11.5. The quantitative estimate of drug-likeness (QED) is 0.578. The summed E-state index contributed by atoms with van der Waals surface area (Å²) in [6.45, 7) is -0.0950. The third-order valence-electron chi connectivity index (χ3n) is 4.92. The number of fused-ring (bicyclic) bond motifs is 1. The van der Waals surface area contributed by atoms with Crippen LogP contribution in [0.2, 0.25) is 0 Å². The number of carboxylic acid groups (broad SMARTS) is 1. The third-order valence-corrected chi connectivity index (χ3v) is 4.92. The van der Waals surface area contributed by atoms with Gasteiger partial charge in [-0.15, -0.1) is 0 Å². The van der Waals surface area contributed by atoms with Crippen LogP contribution in [0.25, 0.3) is 0 Å². The van der Waals surface area contributed by atoms with Crippen LogP contribution < -0.4 is 19.7 Å². The Labute approximate surface area is 194 Å². The number of likely N-dealkylation sites (N-methyl/N-ethyl adjacent to an activating group) is 1. The molecule has 9 nitrogen and oxygen atoms in total. The monoisotopic (exact) mass is 457 g/mol. The summed E-state index contributed by atoms with van der Waals surface area (Å²) in [7, 11) is 1.54. The van der Waals surface area contributed by atoms with Gasteiger partial charge in [-0.1, -0.05) is 24.1 Å². The highest BCUT2D eigenvalue weighted by molar-refractivity contribution is 6.03. The molecule has 1 aromatic heterocycles. The second-order valence-electron chi connectivity index (χ2n) is 7.26. The molecule has 0 bridgehead atoms. The number of hydrogen-bond donors (Lipinski definition) is 2. The van der Waals surface area contributed by atoms with Crippen LogP contribution in [-0.2, 0) is 9.59 Å². The van der Waals surface area contributed by atoms with Crippen molar-refractivity contribution < 1.29 is 29.0 Å². The van der Waals surface area contributed by atoms with Crippen molar-refractivity contribution in [3.63, 3.8) is 0 Å². The van der Waals surface area contributed by atoms with Gasteiger partial charge < -0.3 is 24.8 Å². The fraction of sp³-hybridized carbons (Fsp3) is 0.120. The lowest BCUT2D eigenvalue weighted by molar-refractivity contribution is -0.130. The van der Waals surface area contributed by atoms with Gasteiger partial charge in [0.1, 0.15) is 35.6 Å². The number of hydrogen-bond acceptors (Lipinski definition) is 6. The predicted molar refractivity (Wildman–Crippen MR) is 122 cm³/mol. The highest BCUT2D eigenvalue weighted by Crippen LogP contribution is 2.31. The Morgan fingerprint density at radius 2 is 1.94 bits per heavy atom. The van der Waals surface area contributed by atoms with Gasteiger partial charge in [0.2, 0.25) is 0 Å². The van der Waals surface area contributed by atoms with Crippen molar-refractivity contribution in [1.29, 1.82) is 0 Å². The number of anilines is 1. The number of carbonyl (C=O) groups is 3. The molecule has 0 radical (unpaired) electrons. The van der Waals surface area contributed by atoms with E-state index in [9.17, 15) is 14.4 Å². The molecule has 2 N–H and O–H groups in total. The average molecular weight is 457 g/mol. The normalized spacial score (nSPS) is 14.6. The number of para-hydroxylation sites is 1. The van der Waals surface area contributed by atoms with Gasteiger partial charge in [-0.25, -0.2) is 4.79 Å². The van der Waals surface area contributed by atoms with E-state index in [4.69, 9.17) is 14.6 Å². The lowest BCUT2D eigenvalue weighted by Gasteiger charge is -2.20. The van der Waals surface area contributed by atoms with Gasteiger partial charge in [-0.05, 0) is 36.4 Å². The van der Waals surface area contributed by atoms with E-state index in [0.717, 1.165) is 0 Å². The maximum absolute atomic E-state index is 13.0. The summed E-state index contributed by atoms with van der Waals surface area (Å²) in [6, 6.07) is 16.0. The van der Waals surface area contributed by atoms with Crippen molar-refractivity contribution in [2.45, 2.75) is 6.04 Å². The average Bonchev–Trinajstić information content (AvgIpc) is 2.95. The van der Waals surface area contributed by atoms with Crippen molar-refractivity contribution in [1.82, 2.24) is 10.3 Å². The summed E-state index contributed by atoms with van der Waals surface area (Å²) in [6.07, 6.45) is 1.44. The second kappa shape index (κ2) is 9.75. The van der Waals surface area contributed by atoms with Gasteiger partial charge in [0.15, 0.2) is 0 Å². The molecule has 0 unspecified atom stereocenters. The highest BCUT2D eigenvalue weighted by Gasteiger charge is 2.31. The first-order chi connectivity index (χ1) is 16.4. The minimum atomic E-state index is -1.26. The molecule has 3 aromatic rings. The Hall–Kier alpha value is -4.84. The van der Waals surface area contributed by atoms with Crippen LogP contribution in [-0.4, -0.2) is 47.6 Å². The van der Waals surface area contributed by atoms with Crippen LogP contribution in [0.4, 0.5) is 5.69 Å². The Kier molecular flexibility index (Phi) is 6.41. The molecule has 0 fully saturated rings. The molecular weight excluding hydrogens is 438 g/mol. The number of ether oxygens (including phenoxy) is 2. The van der Waals surface area contributed by atoms with E-state index in [1.165, 1.54) is 24.2 Å². The van der Waals surface area contributed by atoms with Crippen molar-refractivity contribution >= 4 is 23.5 Å². The first-order valence-electron chi connectivity index (χ1n) is 10.2. The van der Waals surface area contributed by atoms with Gasteiger partial charge in [-0.2, -0.15) is 0 Å². The molecule has 1 atom stereocenters. The zero-order chi connectivity index (χ0) is 24.1. The highest BCUT2D eigenvalue weighted by atomic mass is 16.5. The number of nitrogens with one attached hydrogen (secondary N) is 1. The topological polar surface area (TPSA) is 118 Å². The number of aliphatic carboxylic acids is 1. The van der Waals surface area contributed by atoms with E-state index in [0.29, 0.717) is 28.5 Å². The number of nitrogens with zero attached hydrogens (tertiary/aromatic N) is 2. The first-order valence-corrected chi connectivity index (χ1v) is 10.2. The number of rotatable bonds is 4. The van der Waals surface area contributed by atoms with Crippen LogP contribution >= 0.6 is 0 Å². The molecule has 34 heavy (non-hydrogen) atoms. The second-order valence-corrected chi connectivity index (χ2v) is 7.26. The summed E-state index contributed by atoms with van der Waals surface area (Å²) >= 11 is 0. The van der Waals surface area contributed by atoms with E-state index in [2.05, 4.69) is 16.2 Å². The standard InChI is InChI=1S/C25H19N3O6/c1-28-21-13-16(8-10-23(29)30)7-9-22(21)33-15-20(25(28)32)27-24(31)19-14-18(11-12-26-19)34-17-5-3-2-4-6-17/h2-7,9,11-14,20H,15H2,1H3,(H,27,31)(H,29,30)/t20-/m0/s1. The summed E-state index contributed by atoms with van der Waals surface area (Å²) in [4.78, 5) is 42.0. The maximum atomic E-state index is 13.0. The Bertz CT molecular complexity index is 1310. The Morgan fingerprint density at radius 1 is 1.15 bits per heavy atom. The fourth-order valence-corrected chi connectivity index (χ4v) is 3.26. The van der Waals surface area contributed by atoms with Gasteiger partial charge in [0, 0.05) is 30.8 Å². The van der Waals surface area contributed by atoms with Crippen LogP contribution in [0.1, 0.15) is 16.1 Å². The molecule has 2 amide bonds. The van der Waals surface area contributed by atoms with Crippen molar-refractivity contribution in [2.24, 2.45) is 0 Å². The number of amides is 2. The molecule has 4 rings (SSSR count). The molecule has 2 heterocycles. The first kappa shape index (κ1) is 22.4. The molecule has 1 aliphatic rings. The lowest BCUT2D eigenvalue weighted by atomic mass is 10.1.